The summed E-state index contributed by atoms with van der Waals surface area (Å²) in [6.45, 7) is 7.29. The van der Waals surface area contributed by atoms with Gasteiger partial charge >= 0.3 is 0 Å². The fourth-order valence-corrected chi connectivity index (χ4v) is 2.72. The third kappa shape index (κ3) is 3.84. The molecule has 1 aliphatic heterocycles. The van der Waals surface area contributed by atoms with Crippen molar-refractivity contribution in [3.8, 4) is 11.5 Å². The zero-order chi connectivity index (χ0) is 16.1. The van der Waals surface area contributed by atoms with E-state index in [-0.39, 0.29) is 5.91 Å². The van der Waals surface area contributed by atoms with Crippen LogP contribution in [0.4, 0.5) is 5.69 Å². The molecule has 0 saturated carbocycles. The maximum Gasteiger partial charge on any atom is 0.222 e. The van der Waals surface area contributed by atoms with Crippen molar-refractivity contribution >= 4 is 11.6 Å². The number of amides is 1. The lowest BCUT2D eigenvalue weighted by molar-refractivity contribution is -0.132. The Balaban J connectivity index is 2.03. The summed E-state index contributed by atoms with van der Waals surface area (Å²) in [6, 6.07) is 5.81. The molecule has 0 unspecified atom stereocenters. The third-order valence-electron chi connectivity index (χ3n) is 3.94. The second kappa shape index (κ2) is 7.38. The van der Waals surface area contributed by atoms with Gasteiger partial charge in [0.15, 0.2) is 0 Å². The van der Waals surface area contributed by atoms with E-state index < -0.39 is 0 Å². The SMILES string of the molecule is COc1ccc(OC)c(N2CCN(C(=O)CC(C)C)CC2)c1. The smallest absolute Gasteiger partial charge is 0.222 e. The van der Waals surface area contributed by atoms with Gasteiger partial charge in [0.1, 0.15) is 11.5 Å². The molecule has 5 nitrogen and oxygen atoms in total. The Labute approximate surface area is 132 Å². The quantitative estimate of drug-likeness (QED) is 0.838. The van der Waals surface area contributed by atoms with Crippen LogP contribution in [0.5, 0.6) is 11.5 Å². The molecule has 0 aromatic heterocycles. The Morgan fingerprint density at radius 3 is 2.36 bits per heavy atom. The van der Waals surface area contributed by atoms with Crippen LogP contribution in [-0.4, -0.2) is 51.2 Å². The van der Waals surface area contributed by atoms with Crippen LogP contribution < -0.4 is 14.4 Å². The van der Waals surface area contributed by atoms with Crippen LogP contribution in [0.25, 0.3) is 0 Å². The molecule has 0 aliphatic carbocycles. The van der Waals surface area contributed by atoms with Crippen LogP contribution in [0.15, 0.2) is 18.2 Å². The predicted octanol–water partition coefficient (Wildman–Crippen LogP) is 2.40. The molecule has 5 heteroatoms. The minimum Gasteiger partial charge on any atom is -0.497 e. The first-order valence-electron chi connectivity index (χ1n) is 7.80. The van der Waals surface area contributed by atoms with Gasteiger partial charge in [-0.1, -0.05) is 13.8 Å². The molecule has 1 saturated heterocycles. The molecule has 1 fully saturated rings. The number of nitrogens with zero attached hydrogens (tertiary/aromatic N) is 2. The largest absolute Gasteiger partial charge is 0.497 e. The molecule has 22 heavy (non-hydrogen) atoms. The first-order valence-corrected chi connectivity index (χ1v) is 7.80. The number of piperazine rings is 1. The van der Waals surface area contributed by atoms with Crippen molar-refractivity contribution in [3.63, 3.8) is 0 Å². The van der Waals surface area contributed by atoms with Crippen molar-refractivity contribution in [1.82, 2.24) is 4.90 Å². The van der Waals surface area contributed by atoms with E-state index in [4.69, 9.17) is 9.47 Å². The van der Waals surface area contributed by atoms with Crippen molar-refractivity contribution in [1.29, 1.82) is 0 Å². The summed E-state index contributed by atoms with van der Waals surface area (Å²) in [4.78, 5) is 16.3. The lowest BCUT2D eigenvalue weighted by Crippen LogP contribution is -2.49. The fourth-order valence-electron chi connectivity index (χ4n) is 2.72. The molecule has 1 aromatic carbocycles. The van der Waals surface area contributed by atoms with Crippen molar-refractivity contribution < 1.29 is 14.3 Å². The van der Waals surface area contributed by atoms with Gasteiger partial charge in [0, 0.05) is 38.7 Å². The van der Waals surface area contributed by atoms with E-state index in [1.807, 2.05) is 23.1 Å². The van der Waals surface area contributed by atoms with Crippen LogP contribution in [0.2, 0.25) is 0 Å². The fraction of sp³-hybridized carbons (Fsp3) is 0.588. The molecule has 0 N–H and O–H groups in total. The maximum absolute atomic E-state index is 12.1. The van der Waals surface area contributed by atoms with Gasteiger partial charge in [0.25, 0.3) is 0 Å². The van der Waals surface area contributed by atoms with E-state index in [0.29, 0.717) is 12.3 Å². The number of hydrogen-bond acceptors (Lipinski definition) is 4. The van der Waals surface area contributed by atoms with Crippen LogP contribution in [0.1, 0.15) is 20.3 Å². The highest BCUT2D eigenvalue weighted by molar-refractivity contribution is 5.76. The van der Waals surface area contributed by atoms with E-state index in [9.17, 15) is 4.79 Å². The Morgan fingerprint density at radius 1 is 1.14 bits per heavy atom. The van der Waals surface area contributed by atoms with E-state index in [1.165, 1.54) is 0 Å². The first-order chi connectivity index (χ1) is 10.5. The van der Waals surface area contributed by atoms with Gasteiger partial charge in [-0.3, -0.25) is 4.79 Å². The van der Waals surface area contributed by atoms with E-state index in [1.54, 1.807) is 14.2 Å². The summed E-state index contributed by atoms with van der Waals surface area (Å²) in [6.07, 6.45) is 0.627. The van der Waals surface area contributed by atoms with Crippen molar-refractivity contribution in [2.24, 2.45) is 5.92 Å². The second-order valence-electron chi connectivity index (χ2n) is 6.00. The van der Waals surface area contributed by atoms with Crippen molar-refractivity contribution in [2.45, 2.75) is 20.3 Å². The second-order valence-corrected chi connectivity index (χ2v) is 6.00. The zero-order valence-corrected chi connectivity index (χ0v) is 14.0. The molecule has 1 aliphatic rings. The molecule has 2 rings (SSSR count). The number of carbonyl (C=O) groups excluding carboxylic acids is 1. The first kappa shape index (κ1) is 16.5. The van der Waals surface area contributed by atoms with Gasteiger partial charge in [-0.2, -0.15) is 0 Å². The normalized spacial score (nSPS) is 15.1. The summed E-state index contributed by atoms with van der Waals surface area (Å²) in [7, 11) is 3.34. The van der Waals surface area contributed by atoms with Gasteiger partial charge in [0.2, 0.25) is 5.91 Å². The molecule has 0 atom stereocenters. The number of ether oxygens (including phenoxy) is 2. The zero-order valence-electron chi connectivity index (χ0n) is 14.0. The van der Waals surface area contributed by atoms with Crippen LogP contribution in [0.3, 0.4) is 0 Å². The summed E-state index contributed by atoms with van der Waals surface area (Å²) in [5.74, 6) is 2.31. The number of rotatable bonds is 5. The molecule has 122 valence electrons. The number of hydrogen-bond donors (Lipinski definition) is 0. The monoisotopic (exact) mass is 306 g/mol. The number of methoxy groups -OCH3 is 2. The lowest BCUT2D eigenvalue weighted by atomic mass is 10.1. The molecule has 0 bridgehead atoms. The van der Waals surface area contributed by atoms with E-state index >= 15 is 0 Å². The topological polar surface area (TPSA) is 42.0 Å². The van der Waals surface area contributed by atoms with Gasteiger partial charge in [-0.05, 0) is 18.1 Å². The molecule has 0 radical (unpaired) electrons. The third-order valence-corrected chi connectivity index (χ3v) is 3.94. The summed E-state index contributed by atoms with van der Waals surface area (Å²) in [5.41, 5.74) is 1.03. The van der Waals surface area contributed by atoms with Crippen molar-refractivity contribution in [3.05, 3.63) is 18.2 Å². The average molecular weight is 306 g/mol. The lowest BCUT2D eigenvalue weighted by Gasteiger charge is -2.37. The maximum atomic E-state index is 12.1. The highest BCUT2D eigenvalue weighted by Crippen LogP contribution is 2.32. The van der Waals surface area contributed by atoms with Crippen LogP contribution in [0, 0.1) is 5.92 Å². The average Bonchev–Trinajstić information content (AvgIpc) is 2.53. The van der Waals surface area contributed by atoms with Gasteiger partial charge in [-0.25, -0.2) is 0 Å². The Hall–Kier alpha value is -1.91. The molecule has 0 spiro atoms. The summed E-state index contributed by atoms with van der Waals surface area (Å²) in [5, 5.41) is 0. The molecular weight excluding hydrogens is 280 g/mol. The standard InChI is InChI=1S/C17H26N2O3/c1-13(2)11-17(20)19-9-7-18(8-10-19)15-12-14(21-3)5-6-16(15)22-4/h5-6,12-13H,7-11H2,1-4H3. The van der Waals surface area contributed by atoms with Gasteiger partial charge in [0.05, 0.1) is 19.9 Å². The predicted molar refractivity (Wildman–Crippen MR) is 87.8 cm³/mol. The number of benzene rings is 1. The van der Waals surface area contributed by atoms with Gasteiger partial charge in [-0.15, -0.1) is 0 Å². The molecule has 1 aromatic rings. The molecule has 1 amide bonds. The summed E-state index contributed by atoms with van der Waals surface area (Å²) < 4.78 is 10.7. The van der Waals surface area contributed by atoms with Crippen LogP contribution in [-0.2, 0) is 4.79 Å². The van der Waals surface area contributed by atoms with E-state index in [2.05, 4.69) is 18.7 Å². The molecular formula is C17H26N2O3. The van der Waals surface area contributed by atoms with Gasteiger partial charge < -0.3 is 19.3 Å². The number of carbonyl (C=O) groups is 1. The molecule has 1 heterocycles. The van der Waals surface area contributed by atoms with Crippen molar-refractivity contribution in [2.75, 3.05) is 45.3 Å². The summed E-state index contributed by atoms with van der Waals surface area (Å²) >= 11 is 0. The minimum absolute atomic E-state index is 0.257. The Bertz CT molecular complexity index is 509. The highest BCUT2D eigenvalue weighted by Gasteiger charge is 2.23. The van der Waals surface area contributed by atoms with E-state index in [0.717, 1.165) is 43.4 Å². The Kier molecular flexibility index (Phi) is 5.52. The minimum atomic E-state index is 0.257. The van der Waals surface area contributed by atoms with Crippen LogP contribution >= 0.6 is 0 Å². The highest BCUT2D eigenvalue weighted by atomic mass is 16.5. The Morgan fingerprint density at radius 2 is 1.82 bits per heavy atom. The number of anilines is 1.